The number of hydrogen-bond acceptors (Lipinski definition) is 5. The summed E-state index contributed by atoms with van der Waals surface area (Å²) in [4.78, 5) is 24.6. The van der Waals surface area contributed by atoms with Gasteiger partial charge in [-0.3, -0.25) is 9.10 Å². The fourth-order valence-corrected chi connectivity index (χ4v) is 4.05. The van der Waals surface area contributed by atoms with Gasteiger partial charge in [0.2, 0.25) is 15.9 Å². The van der Waals surface area contributed by atoms with Crippen LogP contribution in [0.2, 0.25) is 0 Å². The Balaban J connectivity index is 2.25. The van der Waals surface area contributed by atoms with Gasteiger partial charge in [0.25, 0.3) is 0 Å². The molecule has 0 aliphatic rings. The van der Waals surface area contributed by atoms with Gasteiger partial charge in [0, 0.05) is 5.69 Å². The van der Waals surface area contributed by atoms with E-state index >= 15 is 0 Å². The van der Waals surface area contributed by atoms with Gasteiger partial charge in [-0.25, -0.2) is 13.2 Å². The summed E-state index contributed by atoms with van der Waals surface area (Å²) in [6.07, 6.45) is 1.89. The topological polar surface area (TPSA) is 92.8 Å². The van der Waals surface area contributed by atoms with E-state index in [0.29, 0.717) is 16.9 Å². The van der Waals surface area contributed by atoms with Crippen molar-refractivity contribution in [3.8, 4) is 0 Å². The lowest BCUT2D eigenvalue weighted by molar-refractivity contribution is -0.116. The normalized spacial score (nSPS) is 12.1. The largest absolute Gasteiger partial charge is 0.462 e. The molecule has 1 N–H and O–H groups in total. The number of hydrogen-bond donors (Lipinski definition) is 1. The summed E-state index contributed by atoms with van der Waals surface area (Å²) in [5.74, 6) is -1.01. The summed E-state index contributed by atoms with van der Waals surface area (Å²) in [6, 6.07) is 12.3. The van der Waals surface area contributed by atoms with Crippen molar-refractivity contribution in [1.29, 1.82) is 0 Å². The molecule has 0 fully saturated rings. The van der Waals surface area contributed by atoms with E-state index in [4.69, 9.17) is 4.74 Å². The average Bonchev–Trinajstić information content (AvgIpc) is 2.68. The second kappa shape index (κ2) is 9.56. The van der Waals surface area contributed by atoms with Crippen LogP contribution in [0, 0.1) is 0 Å². The van der Waals surface area contributed by atoms with Crippen LogP contribution >= 0.6 is 0 Å². The third kappa shape index (κ3) is 5.80. The van der Waals surface area contributed by atoms with Crippen LogP contribution in [0.1, 0.15) is 36.7 Å². The molecule has 0 aliphatic heterocycles. The molecule has 8 heteroatoms. The van der Waals surface area contributed by atoms with Crippen molar-refractivity contribution in [3.63, 3.8) is 0 Å². The van der Waals surface area contributed by atoms with E-state index in [2.05, 4.69) is 5.32 Å². The van der Waals surface area contributed by atoms with E-state index in [1.807, 2.05) is 19.1 Å². The van der Waals surface area contributed by atoms with Crippen LogP contribution in [0.4, 0.5) is 11.4 Å². The Kier molecular flexibility index (Phi) is 7.39. The number of ether oxygens (including phenoxy) is 1. The summed E-state index contributed by atoms with van der Waals surface area (Å²) in [7, 11) is -3.70. The lowest BCUT2D eigenvalue weighted by Gasteiger charge is -2.28. The van der Waals surface area contributed by atoms with Crippen molar-refractivity contribution in [3.05, 3.63) is 59.7 Å². The van der Waals surface area contributed by atoms with Gasteiger partial charge in [0.1, 0.15) is 6.04 Å². The number of esters is 1. The number of nitrogens with one attached hydrogen (secondary N) is 1. The Morgan fingerprint density at radius 2 is 1.76 bits per heavy atom. The van der Waals surface area contributed by atoms with Gasteiger partial charge in [-0.15, -0.1) is 0 Å². The third-order valence-electron chi connectivity index (χ3n) is 4.33. The summed E-state index contributed by atoms with van der Waals surface area (Å²) in [5.41, 5.74) is 2.15. The Bertz CT molecular complexity index is 971. The summed E-state index contributed by atoms with van der Waals surface area (Å²) in [6.45, 7) is 5.47. The first-order chi connectivity index (χ1) is 13.7. The van der Waals surface area contributed by atoms with Crippen LogP contribution in [0.3, 0.4) is 0 Å². The Morgan fingerprint density at radius 1 is 1.10 bits per heavy atom. The van der Waals surface area contributed by atoms with Crippen LogP contribution in [-0.2, 0) is 26.0 Å². The first-order valence-electron chi connectivity index (χ1n) is 9.33. The van der Waals surface area contributed by atoms with E-state index in [-0.39, 0.29) is 6.61 Å². The number of sulfonamides is 1. The predicted octanol–water partition coefficient (Wildman–Crippen LogP) is 3.22. The third-order valence-corrected chi connectivity index (χ3v) is 5.57. The lowest BCUT2D eigenvalue weighted by Crippen LogP contribution is -2.45. The zero-order valence-electron chi connectivity index (χ0n) is 17.0. The van der Waals surface area contributed by atoms with Crippen LogP contribution in [0.25, 0.3) is 0 Å². The van der Waals surface area contributed by atoms with Gasteiger partial charge in [-0.2, -0.15) is 0 Å². The molecule has 0 heterocycles. The van der Waals surface area contributed by atoms with Gasteiger partial charge in [-0.1, -0.05) is 25.1 Å². The number of nitrogens with zero attached hydrogens (tertiary/aromatic N) is 1. The molecule has 0 bridgehead atoms. The molecule has 0 radical (unpaired) electrons. The lowest BCUT2D eigenvalue weighted by atomic mass is 10.1. The van der Waals surface area contributed by atoms with Crippen molar-refractivity contribution in [2.45, 2.75) is 33.2 Å². The van der Waals surface area contributed by atoms with Crippen molar-refractivity contribution in [2.24, 2.45) is 0 Å². The number of carbonyl (C=O) groups excluding carboxylic acids is 2. The van der Waals surface area contributed by atoms with Gasteiger partial charge in [0.15, 0.2) is 0 Å². The van der Waals surface area contributed by atoms with Crippen molar-refractivity contribution in [2.75, 3.05) is 22.5 Å². The number of rotatable bonds is 8. The number of amides is 1. The molecule has 7 nitrogen and oxygen atoms in total. The SMILES string of the molecule is CCOC(=O)c1cccc(NC(=O)[C@H](C)N(c2ccc(CC)cc2)S(C)(=O)=O)c1. The Morgan fingerprint density at radius 3 is 2.31 bits per heavy atom. The van der Waals surface area contributed by atoms with Gasteiger partial charge in [-0.05, 0) is 56.2 Å². The molecule has 2 aromatic rings. The zero-order valence-corrected chi connectivity index (χ0v) is 17.8. The second-order valence-corrected chi connectivity index (χ2v) is 8.40. The van der Waals surface area contributed by atoms with E-state index < -0.39 is 27.9 Å². The molecule has 0 aliphatic carbocycles. The van der Waals surface area contributed by atoms with E-state index in [1.165, 1.54) is 13.0 Å². The molecule has 156 valence electrons. The highest BCUT2D eigenvalue weighted by Gasteiger charge is 2.29. The fraction of sp³-hybridized carbons (Fsp3) is 0.333. The van der Waals surface area contributed by atoms with Crippen LogP contribution in [0.5, 0.6) is 0 Å². The molecule has 0 aromatic heterocycles. The molecule has 1 amide bonds. The standard InChI is InChI=1S/C21H26N2O5S/c1-5-16-10-12-19(13-11-16)23(29(4,26)27)15(3)20(24)22-18-9-7-8-17(14-18)21(25)28-6-2/h7-15H,5-6H2,1-4H3,(H,22,24)/t15-/m0/s1. The highest BCUT2D eigenvalue weighted by molar-refractivity contribution is 7.92. The van der Waals surface area contributed by atoms with Crippen molar-refractivity contribution < 1.29 is 22.7 Å². The second-order valence-electron chi connectivity index (χ2n) is 6.55. The number of aryl methyl sites for hydroxylation is 1. The first-order valence-corrected chi connectivity index (χ1v) is 11.2. The maximum Gasteiger partial charge on any atom is 0.338 e. The summed E-state index contributed by atoms with van der Waals surface area (Å²) >= 11 is 0. The van der Waals surface area contributed by atoms with E-state index in [9.17, 15) is 18.0 Å². The minimum atomic E-state index is -3.70. The highest BCUT2D eigenvalue weighted by atomic mass is 32.2. The van der Waals surface area contributed by atoms with Crippen molar-refractivity contribution in [1.82, 2.24) is 0 Å². The molecule has 29 heavy (non-hydrogen) atoms. The molecule has 0 unspecified atom stereocenters. The van der Waals surface area contributed by atoms with Crippen LogP contribution < -0.4 is 9.62 Å². The molecular weight excluding hydrogens is 392 g/mol. The smallest absolute Gasteiger partial charge is 0.338 e. The van der Waals surface area contributed by atoms with Gasteiger partial charge >= 0.3 is 5.97 Å². The zero-order chi connectivity index (χ0) is 21.6. The first kappa shape index (κ1) is 22.4. The molecule has 0 saturated carbocycles. The maximum atomic E-state index is 12.8. The van der Waals surface area contributed by atoms with Crippen LogP contribution in [-0.4, -0.2) is 39.2 Å². The molecule has 0 spiro atoms. The van der Waals surface area contributed by atoms with Crippen molar-refractivity contribution >= 4 is 33.3 Å². The molecule has 2 aromatic carbocycles. The number of benzene rings is 2. The monoisotopic (exact) mass is 418 g/mol. The molecule has 0 saturated heterocycles. The maximum absolute atomic E-state index is 12.8. The van der Waals surface area contributed by atoms with E-state index in [1.54, 1.807) is 37.3 Å². The Hall–Kier alpha value is -2.87. The van der Waals surface area contributed by atoms with E-state index in [0.717, 1.165) is 22.5 Å². The average molecular weight is 419 g/mol. The number of anilines is 2. The van der Waals surface area contributed by atoms with Crippen LogP contribution in [0.15, 0.2) is 48.5 Å². The quantitative estimate of drug-likeness (QED) is 0.665. The minimum absolute atomic E-state index is 0.243. The summed E-state index contributed by atoms with van der Waals surface area (Å²) < 4.78 is 30.8. The molecular formula is C21H26N2O5S. The predicted molar refractivity (Wildman–Crippen MR) is 114 cm³/mol. The van der Waals surface area contributed by atoms with Gasteiger partial charge in [0.05, 0.1) is 24.1 Å². The molecule has 2 rings (SSSR count). The Labute approximate surface area is 171 Å². The minimum Gasteiger partial charge on any atom is -0.462 e. The fourth-order valence-electron chi connectivity index (χ4n) is 2.87. The molecule has 1 atom stereocenters. The summed E-state index contributed by atoms with van der Waals surface area (Å²) in [5, 5.41) is 2.67. The number of carbonyl (C=O) groups is 2. The van der Waals surface area contributed by atoms with Gasteiger partial charge < -0.3 is 10.1 Å². The highest BCUT2D eigenvalue weighted by Crippen LogP contribution is 2.22.